The van der Waals surface area contributed by atoms with Crippen molar-refractivity contribution in [2.75, 3.05) is 0 Å². The summed E-state index contributed by atoms with van der Waals surface area (Å²) in [7, 11) is 0. The molecule has 4 heteroatoms. The molecule has 3 rings (SSSR count). The molecule has 0 aliphatic rings. The van der Waals surface area contributed by atoms with Gasteiger partial charge in [0.05, 0.1) is 11.0 Å². The van der Waals surface area contributed by atoms with Gasteiger partial charge in [0.15, 0.2) is 5.15 Å². The Bertz CT molecular complexity index is 767. The van der Waals surface area contributed by atoms with Crippen LogP contribution in [-0.4, -0.2) is 14.5 Å². The third kappa shape index (κ3) is 1.68. The molecule has 0 aliphatic carbocycles. The number of aromatic nitrogens is 3. The minimum Gasteiger partial charge on any atom is -0.305 e. The van der Waals surface area contributed by atoms with E-state index in [0.29, 0.717) is 5.15 Å². The third-order valence-electron chi connectivity index (χ3n) is 2.76. The van der Waals surface area contributed by atoms with E-state index in [2.05, 4.69) is 23.8 Å². The van der Waals surface area contributed by atoms with Gasteiger partial charge in [-0.05, 0) is 19.9 Å². The lowest BCUT2D eigenvalue weighted by Crippen LogP contribution is -1.89. The van der Waals surface area contributed by atoms with Crippen LogP contribution in [0.1, 0.15) is 13.8 Å². The number of fused-ring (bicyclic) bond motifs is 3. The van der Waals surface area contributed by atoms with Crippen molar-refractivity contribution in [2.24, 2.45) is 0 Å². The van der Waals surface area contributed by atoms with Gasteiger partial charge in [-0.1, -0.05) is 35.4 Å². The lowest BCUT2D eigenvalue weighted by molar-refractivity contribution is 1.15. The number of para-hydroxylation sites is 1. The molecule has 3 aromatic rings. The van der Waals surface area contributed by atoms with Gasteiger partial charge in [-0.25, -0.2) is 9.97 Å². The summed E-state index contributed by atoms with van der Waals surface area (Å²) in [6, 6.07) is 7.95. The molecular weight excluding hydrogens is 246 g/mol. The monoisotopic (exact) mass is 257 g/mol. The molecule has 0 saturated carbocycles. The number of hydrogen-bond donors (Lipinski definition) is 0. The van der Waals surface area contributed by atoms with Crippen molar-refractivity contribution in [1.82, 2.24) is 14.5 Å². The topological polar surface area (TPSA) is 30.7 Å². The fourth-order valence-corrected chi connectivity index (χ4v) is 2.31. The highest BCUT2D eigenvalue weighted by atomic mass is 35.5. The van der Waals surface area contributed by atoms with Crippen LogP contribution in [0.5, 0.6) is 0 Å². The van der Waals surface area contributed by atoms with Crippen molar-refractivity contribution < 1.29 is 0 Å². The number of allylic oxidation sites excluding steroid dienone is 1. The first-order chi connectivity index (χ1) is 8.66. The highest BCUT2D eigenvalue weighted by molar-refractivity contribution is 6.35. The van der Waals surface area contributed by atoms with Crippen LogP contribution in [0, 0.1) is 0 Å². The molecule has 0 N–H and O–H groups in total. The summed E-state index contributed by atoms with van der Waals surface area (Å²) < 4.78 is 2.00. The van der Waals surface area contributed by atoms with Crippen LogP contribution in [0.25, 0.3) is 28.1 Å². The van der Waals surface area contributed by atoms with E-state index in [0.717, 1.165) is 21.9 Å². The van der Waals surface area contributed by atoms with Crippen LogP contribution >= 0.6 is 11.6 Å². The lowest BCUT2D eigenvalue weighted by atomic mass is 10.2. The van der Waals surface area contributed by atoms with Gasteiger partial charge in [0.2, 0.25) is 0 Å². The van der Waals surface area contributed by atoms with E-state index in [1.165, 1.54) is 5.57 Å². The van der Waals surface area contributed by atoms with Crippen molar-refractivity contribution in [1.29, 1.82) is 0 Å². The maximum Gasteiger partial charge on any atom is 0.157 e. The van der Waals surface area contributed by atoms with E-state index in [9.17, 15) is 0 Å². The Hall–Kier alpha value is -1.87. The largest absolute Gasteiger partial charge is 0.305 e. The highest BCUT2D eigenvalue weighted by Crippen LogP contribution is 2.28. The number of pyridine rings is 1. The Labute approximate surface area is 110 Å². The quantitative estimate of drug-likeness (QED) is 0.614. The molecule has 90 valence electrons. The van der Waals surface area contributed by atoms with E-state index in [1.54, 1.807) is 6.33 Å². The summed E-state index contributed by atoms with van der Waals surface area (Å²) in [5, 5.41) is 1.51. The zero-order valence-electron chi connectivity index (χ0n) is 10.2. The first-order valence-corrected chi connectivity index (χ1v) is 6.10. The second-order valence-electron chi connectivity index (χ2n) is 4.48. The zero-order chi connectivity index (χ0) is 12.7. The van der Waals surface area contributed by atoms with Crippen LogP contribution in [0.2, 0.25) is 5.15 Å². The summed E-state index contributed by atoms with van der Waals surface area (Å²) in [5.74, 6) is 0. The van der Waals surface area contributed by atoms with Gasteiger partial charge in [-0.15, -0.1) is 0 Å². The van der Waals surface area contributed by atoms with Crippen LogP contribution in [0.3, 0.4) is 0 Å². The molecule has 3 nitrogen and oxygen atoms in total. The second-order valence-corrected chi connectivity index (χ2v) is 4.83. The Kier molecular flexibility index (Phi) is 2.56. The van der Waals surface area contributed by atoms with Crippen molar-refractivity contribution in [2.45, 2.75) is 13.8 Å². The van der Waals surface area contributed by atoms with E-state index in [1.807, 2.05) is 35.0 Å². The van der Waals surface area contributed by atoms with Gasteiger partial charge in [0, 0.05) is 11.6 Å². The number of nitrogens with zero attached hydrogens (tertiary/aromatic N) is 3. The maximum atomic E-state index is 6.18. The average Bonchev–Trinajstić information content (AvgIpc) is 2.73. The minimum atomic E-state index is 0.449. The maximum absolute atomic E-state index is 6.18. The summed E-state index contributed by atoms with van der Waals surface area (Å²) in [5.41, 5.74) is 3.84. The number of halogens is 1. The van der Waals surface area contributed by atoms with Crippen molar-refractivity contribution in [3.05, 3.63) is 41.3 Å². The van der Waals surface area contributed by atoms with Gasteiger partial charge >= 0.3 is 0 Å². The molecule has 0 bridgehead atoms. The average molecular weight is 258 g/mol. The van der Waals surface area contributed by atoms with Gasteiger partial charge < -0.3 is 4.57 Å². The van der Waals surface area contributed by atoms with E-state index in [4.69, 9.17) is 11.6 Å². The van der Waals surface area contributed by atoms with E-state index < -0.39 is 0 Å². The van der Waals surface area contributed by atoms with Crippen molar-refractivity contribution in [3.63, 3.8) is 0 Å². The van der Waals surface area contributed by atoms with Gasteiger partial charge in [-0.2, -0.15) is 0 Å². The molecule has 0 atom stereocenters. The molecule has 1 aromatic carbocycles. The molecule has 0 amide bonds. The molecule has 18 heavy (non-hydrogen) atoms. The summed E-state index contributed by atoms with van der Waals surface area (Å²) in [4.78, 5) is 8.71. The molecular formula is C14H12ClN3. The number of imidazole rings is 1. The highest BCUT2D eigenvalue weighted by Gasteiger charge is 2.11. The van der Waals surface area contributed by atoms with E-state index >= 15 is 0 Å². The summed E-state index contributed by atoms with van der Waals surface area (Å²) in [6.07, 6.45) is 3.82. The van der Waals surface area contributed by atoms with Gasteiger partial charge in [0.1, 0.15) is 11.8 Å². The summed E-state index contributed by atoms with van der Waals surface area (Å²) in [6.45, 7) is 4.10. The molecule has 2 aromatic heterocycles. The Morgan fingerprint density at radius 3 is 2.83 bits per heavy atom. The standard InChI is InChI=1S/C14H12ClN3/c1-9(2)7-18-8-16-12-13(18)10-5-3-4-6-11(10)17-14(12)15/h3-8H,1-2H3. The Morgan fingerprint density at radius 2 is 2.06 bits per heavy atom. The zero-order valence-corrected chi connectivity index (χ0v) is 10.9. The second kappa shape index (κ2) is 4.10. The van der Waals surface area contributed by atoms with Crippen LogP contribution in [-0.2, 0) is 0 Å². The van der Waals surface area contributed by atoms with E-state index in [-0.39, 0.29) is 0 Å². The van der Waals surface area contributed by atoms with Crippen molar-refractivity contribution in [3.8, 4) is 0 Å². The predicted molar refractivity (Wildman–Crippen MR) is 75.7 cm³/mol. The molecule has 0 saturated heterocycles. The number of benzene rings is 1. The molecule has 0 spiro atoms. The molecule has 0 aliphatic heterocycles. The minimum absolute atomic E-state index is 0.449. The number of rotatable bonds is 1. The molecule has 2 heterocycles. The first-order valence-electron chi connectivity index (χ1n) is 5.72. The van der Waals surface area contributed by atoms with Gasteiger partial charge in [0.25, 0.3) is 0 Å². The van der Waals surface area contributed by atoms with Crippen LogP contribution < -0.4 is 0 Å². The lowest BCUT2D eigenvalue weighted by Gasteiger charge is -2.03. The molecule has 0 radical (unpaired) electrons. The van der Waals surface area contributed by atoms with Crippen LogP contribution in [0.15, 0.2) is 36.2 Å². The SMILES string of the molecule is CC(C)=Cn1cnc2c(Cl)nc3ccccc3c21. The first kappa shape index (κ1) is 11.2. The third-order valence-corrected chi connectivity index (χ3v) is 3.03. The van der Waals surface area contributed by atoms with Crippen LogP contribution in [0.4, 0.5) is 0 Å². The van der Waals surface area contributed by atoms with Gasteiger partial charge in [-0.3, -0.25) is 0 Å². The molecule has 0 unspecified atom stereocenters. The normalized spacial score (nSPS) is 11.1. The fourth-order valence-electron chi connectivity index (χ4n) is 2.08. The Morgan fingerprint density at radius 1 is 1.28 bits per heavy atom. The number of hydrogen-bond acceptors (Lipinski definition) is 2. The fraction of sp³-hybridized carbons (Fsp3) is 0.143. The summed E-state index contributed by atoms with van der Waals surface area (Å²) >= 11 is 6.18. The predicted octanol–water partition coefficient (Wildman–Crippen LogP) is 4.12. The Balaban J connectivity index is 2.51. The molecule has 0 fully saturated rings. The van der Waals surface area contributed by atoms with Crippen molar-refractivity contribution >= 4 is 39.7 Å². The smallest absolute Gasteiger partial charge is 0.157 e.